The zero-order chi connectivity index (χ0) is 17.3. The lowest BCUT2D eigenvalue weighted by molar-refractivity contribution is 0.101. The maximum atomic E-state index is 12.9. The summed E-state index contributed by atoms with van der Waals surface area (Å²) in [7, 11) is -3.87. The van der Waals surface area contributed by atoms with Crippen LogP contribution in [0.1, 0.15) is 15.9 Å². The topological polar surface area (TPSA) is 92.8 Å². The van der Waals surface area contributed by atoms with Crippen LogP contribution in [0, 0.1) is 0 Å². The highest BCUT2D eigenvalue weighted by Gasteiger charge is 2.38. The van der Waals surface area contributed by atoms with Crippen molar-refractivity contribution in [3.63, 3.8) is 0 Å². The lowest BCUT2D eigenvalue weighted by Gasteiger charge is -2.24. The molecule has 0 spiro atoms. The van der Waals surface area contributed by atoms with Gasteiger partial charge in [0, 0.05) is 10.9 Å². The van der Waals surface area contributed by atoms with Gasteiger partial charge in [0.1, 0.15) is 5.84 Å². The Morgan fingerprint density at radius 1 is 0.960 bits per heavy atom. The van der Waals surface area contributed by atoms with Gasteiger partial charge in [0.15, 0.2) is 0 Å². The number of fused-ring (bicyclic) bond motifs is 4. The van der Waals surface area contributed by atoms with E-state index in [1.54, 1.807) is 0 Å². The molecule has 0 radical (unpaired) electrons. The summed E-state index contributed by atoms with van der Waals surface area (Å²) in [6, 6.07) is 15.7. The van der Waals surface area contributed by atoms with E-state index in [2.05, 4.69) is 4.99 Å². The maximum Gasteiger partial charge on any atom is 0.264 e. The number of amidine groups is 1. The number of amides is 1. The highest BCUT2D eigenvalue weighted by molar-refractivity contribution is 7.89. The van der Waals surface area contributed by atoms with Crippen LogP contribution in [0.5, 0.6) is 0 Å². The van der Waals surface area contributed by atoms with Gasteiger partial charge in [-0.2, -0.15) is 0 Å². The van der Waals surface area contributed by atoms with E-state index in [-0.39, 0.29) is 10.8 Å². The van der Waals surface area contributed by atoms with E-state index in [1.165, 1.54) is 23.1 Å². The molecule has 2 aliphatic heterocycles. The molecule has 0 aromatic heterocycles. The molecule has 0 fully saturated rings. The summed E-state index contributed by atoms with van der Waals surface area (Å²) < 4.78 is 23.3. The Bertz CT molecular complexity index is 1240. The molecule has 0 saturated carbocycles. The SMILES string of the molecule is NS(=O)(=O)c1ccc2c(c1)C1=Nc3cccc4cccc(c34)N1C2=O. The van der Waals surface area contributed by atoms with Crippen molar-refractivity contribution >= 4 is 43.9 Å². The molecule has 0 bridgehead atoms. The van der Waals surface area contributed by atoms with Crippen LogP contribution in [0.2, 0.25) is 0 Å². The van der Waals surface area contributed by atoms with Crippen LogP contribution in [-0.4, -0.2) is 20.2 Å². The van der Waals surface area contributed by atoms with Gasteiger partial charge in [-0.1, -0.05) is 24.3 Å². The van der Waals surface area contributed by atoms with E-state index in [9.17, 15) is 13.2 Å². The second-order valence-electron chi connectivity index (χ2n) is 5.98. The molecule has 25 heavy (non-hydrogen) atoms. The Labute approximate surface area is 143 Å². The standard InChI is InChI=1S/C18H11N3O3S/c19-25(23,24)11-7-8-12-13(9-11)17-20-14-5-1-3-10-4-2-6-15(16(10)14)21(17)18(12)22/h1-9H,(H2,19,23,24). The molecule has 2 aliphatic rings. The molecule has 3 aromatic carbocycles. The van der Waals surface area contributed by atoms with Crippen molar-refractivity contribution in [2.45, 2.75) is 4.90 Å². The third-order valence-electron chi connectivity index (χ3n) is 4.53. The van der Waals surface area contributed by atoms with Crippen molar-refractivity contribution in [3.05, 3.63) is 65.7 Å². The van der Waals surface area contributed by atoms with Crippen LogP contribution < -0.4 is 10.0 Å². The Morgan fingerprint density at radius 3 is 2.48 bits per heavy atom. The number of hydrogen-bond acceptors (Lipinski definition) is 4. The second-order valence-corrected chi connectivity index (χ2v) is 7.54. The van der Waals surface area contributed by atoms with Crippen molar-refractivity contribution in [2.24, 2.45) is 10.1 Å². The lowest BCUT2D eigenvalue weighted by Crippen LogP contribution is -2.31. The number of anilines is 1. The molecule has 0 saturated heterocycles. The summed E-state index contributed by atoms with van der Waals surface area (Å²) in [6.45, 7) is 0. The normalized spacial score (nSPS) is 15.2. The first-order valence-electron chi connectivity index (χ1n) is 7.57. The summed E-state index contributed by atoms with van der Waals surface area (Å²) in [5, 5.41) is 7.12. The number of sulfonamides is 1. The number of nitrogens with zero attached hydrogens (tertiary/aromatic N) is 2. The predicted molar refractivity (Wildman–Crippen MR) is 94.8 cm³/mol. The number of nitrogens with two attached hydrogens (primary N) is 1. The quantitative estimate of drug-likeness (QED) is 0.731. The van der Waals surface area contributed by atoms with E-state index in [0.29, 0.717) is 17.0 Å². The lowest BCUT2D eigenvalue weighted by atomic mass is 10.0. The Morgan fingerprint density at radius 2 is 1.72 bits per heavy atom. The number of rotatable bonds is 1. The molecule has 3 aromatic rings. The van der Waals surface area contributed by atoms with E-state index < -0.39 is 10.0 Å². The van der Waals surface area contributed by atoms with Gasteiger partial charge in [-0.3, -0.25) is 9.69 Å². The Balaban J connectivity index is 1.85. The molecule has 0 aliphatic carbocycles. The molecule has 1 amide bonds. The van der Waals surface area contributed by atoms with Crippen LogP contribution in [0.15, 0.2) is 64.5 Å². The van der Waals surface area contributed by atoms with E-state index in [4.69, 9.17) is 5.14 Å². The number of hydrogen-bond donors (Lipinski definition) is 1. The van der Waals surface area contributed by atoms with E-state index in [1.807, 2.05) is 36.4 Å². The average molecular weight is 349 g/mol. The monoisotopic (exact) mass is 349 g/mol. The Kier molecular flexibility index (Phi) is 2.60. The number of carbonyl (C=O) groups is 1. The second kappa shape index (κ2) is 4.53. The number of benzene rings is 3. The van der Waals surface area contributed by atoms with Gasteiger partial charge in [0.25, 0.3) is 5.91 Å². The van der Waals surface area contributed by atoms with Crippen molar-refractivity contribution in [2.75, 3.05) is 4.90 Å². The third-order valence-corrected chi connectivity index (χ3v) is 5.44. The number of carbonyl (C=O) groups excluding carboxylic acids is 1. The van der Waals surface area contributed by atoms with Gasteiger partial charge in [-0.15, -0.1) is 0 Å². The first-order valence-corrected chi connectivity index (χ1v) is 9.12. The molecule has 0 unspecified atom stereocenters. The van der Waals surface area contributed by atoms with Crippen molar-refractivity contribution in [1.29, 1.82) is 0 Å². The molecular formula is C18H11N3O3S. The van der Waals surface area contributed by atoms with Gasteiger partial charge < -0.3 is 0 Å². The summed E-state index contributed by atoms with van der Waals surface area (Å²) in [5.41, 5.74) is 2.39. The molecule has 0 atom stereocenters. The number of primary sulfonamides is 1. The Hall–Kier alpha value is -3.03. The minimum Gasteiger partial charge on any atom is -0.268 e. The van der Waals surface area contributed by atoms with Crippen molar-refractivity contribution in [1.82, 2.24) is 0 Å². The van der Waals surface area contributed by atoms with Crippen LogP contribution >= 0.6 is 0 Å². The first-order chi connectivity index (χ1) is 11.9. The van der Waals surface area contributed by atoms with Gasteiger partial charge in [0.05, 0.1) is 21.8 Å². The van der Waals surface area contributed by atoms with Crippen LogP contribution in [-0.2, 0) is 10.0 Å². The third kappa shape index (κ3) is 1.84. The maximum absolute atomic E-state index is 12.9. The smallest absolute Gasteiger partial charge is 0.264 e. The van der Waals surface area contributed by atoms with E-state index in [0.717, 1.165) is 22.1 Å². The first kappa shape index (κ1) is 14.3. The average Bonchev–Trinajstić information content (AvgIpc) is 2.87. The molecule has 2 heterocycles. The van der Waals surface area contributed by atoms with Gasteiger partial charge in [-0.05, 0) is 35.7 Å². The minimum absolute atomic E-state index is 0.0410. The van der Waals surface area contributed by atoms with Crippen LogP contribution in [0.3, 0.4) is 0 Å². The molecule has 122 valence electrons. The minimum atomic E-state index is -3.87. The summed E-state index contributed by atoms with van der Waals surface area (Å²) in [4.78, 5) is 19.0. The van der Waals surface area contributed by atoms with Crippen molar-refractivity contribution < 1.29 is 13.2 Å². The molecule has 6 nitrogen and oxygen atoms in total. The fraction of sp³-hybridized carbons (Fsp3) is 0. The van der Waals surface area contributed by atoms with Gasteiger partial charge in [0.2, 0.25) is 10.0 Å². The summed E-state index contributed by atoms with van der Waals surface area (Å²) >= 11 is 0. The fourth-order valence-corrected chi connectivity index (χ4v) is 3.98. The zero-order valence-electron chi connectivity index (χ0n) is 12.8. The molecule has 5 rings (SSSR count). The summed E-state index contributed by atoms with van der Waals surface area (Å²) in [5.74, 6) is 0.202. The fourth-order valence-electron chi connectivity index (χ4n) is 3.44. The number of aliphatic imine (C=N–C) groups is 1. The van der Waals surface area contributed by atoms with Crippen molar-refractivity contribution in [3.8, 4) is 0 Å². The highest BCUT2D eigenvalue weighted by atomic mass is 32.2. The summed E-state index contributed by atoms with van der Waals surface area (Å²) in [6.07, 6.45) is 0. The molecule has 2 N–H and O–H groups in total. The van der Waals surface area contributed by atoms with Crippen LogP contribution in [0.25, 0.3) is 10.8 Å². The largest absolute Gasteiger partial charge is 0.268 e. The molecular weight excluding hydrogens is 338 g/mol. The predicted octanol–water partition coefficient (Wildman–Crippen LogP) is 2.54. The zero-order valence-corrected chi connectivity index (χ0v) is 13.6. The van der Waals surface area contributed by atoms with E-state index >= 15 is 0 Å². The van der Waals surface area contributed by atoms with Gasteiger partial charge >= 0.3 is 0 Å². The van der Waals surface area contributed by atoms with Crippen LogP contribution in [0.4, 0.5) is 11.4 Å². The highest BCUT2D eigenvalue weighted by Crippen LogP contribution is 2.43. The van der Waals surface area contributed by atoms with Gasteiger partial charge in [-0.25, -0.2) is 18.5 Å². The molecule has 7 heteroatoms.